The number of anilines is 1. The molecule has 128 valence electrons. The second kappa shape index (κ2) is 7.99. The number of rotatable bonds is 6. The van der Waals surface area contributed by atoms with Gasteiger partial charge in [-0.2, -0.15) is 0 Å². The molecule has 0 saturated heterocycles. The Morgan fingerprint density at radius 2 is 1.64 bits per heavy atom. The standard InChI is InChI=1S/C20H16ClF2NO/c21-18-5-3-6-19(23)17(18)13-25-20-7-2-1-4-14(20)12-24-16-10-8-15(22)9-11-16/h1-11,24H,12-13H2. The lowest BCUT2D eigenvalue weighted by Gasteiger charge is -2.14. The van der Waals surface area contributed by atoms with E-state index in [1.807, 2.05) is 24.3 Å². The second-order valence-corrected chi connectivity index (χ2v) is 5.86. The maximum absolute atomic E-state index is 13.8. The molecule has 0 bridgehead atoms. The molecule has 0 saturated carbocycles. The van der Waals surface area contributed by atoms with Crippen LogP contribution in [0.25, 0.3) is 0 Å². The molecule has 25 heavy (non-hydrogen) atoms. The van der Waals surface area contributed by atoms with E-state index in [1.54, 1.807) is 24.3 Å². The van der Waals surface area contributed by atoms with Crippen LogP contribution in [0.4, 0.5) is 14.5 Å². The molecule has 1 N–H and O–H groups in total. The van der Waals surface area contributed by atoms with Crippen molar-refractivity contribution in [3.63, 3.8) is 0 Å². The Bertz CT molecular complexity index is 832. The molecular formula is C20H16ClF2NO. The first-order valence-electron chi connectivity index (χ1n) is 7.76. The summed E-state index contributed by atoms with van der Waals surface area (Å²) in [6, 6.07) is 18.1. The Labute approximate surface area is 150 Å². The highest BCUT2D eigenvalue weighted by Crippen LogP contribution is 2.24. The van der Waals surface area contributed by atoms with Crippen LogP contribution in [0.3, 0.4) is 0 Å². The lowest BCUT2D eigenvalue weighted by atomic mass is 10.2. The largest absolute Gasteiger partial charge is 0.488 e. The summed E-state index contributed by atoms with van der Waals surface area (Å²) in [5.74, 6) is -0.0399. The van der Waals surface area contributed by atoms with Gasteiger partial charge in [0.15, 0.2) is 0 Å². The number of ether oxygens (including phenoxy) is 1. The van der Waals surface area contributed by atoms with E-state index in [2.05, 4.69) is 5.32 Å². The monoisotopic (exact) mass is 359 g/mol. The molecule has 3 rings (SSSR count). The van der Waals surface area contributed by atoms with Gasteiger partial charge in [0.25, 0.3) is 0 Å². The van der Waals surface area contributed by atoms with Gasteiger partial charge in [-0.3, -0.25) is 0 Å². The summed E-state index contributed by atoms with van der Waals surface area (Å²) in [5.41, 5.74) is 2.03. The van der Waals surface area contributed by atoms with Crippen molar-refractivity contribution in [2.24, 2.45) is 0 Å². The zero-order valence-corrected chi connectivity index (χ0v) is 14.1. The lowest BCUT2D eigenvalue weighted by Crippen LogP contribution is -2.05. The summed E-state index contributed by atoms with van der Waals surface area (Å²) in [5, 5.41) is 3.54. The summed E-state index contributed by atoms with van der Waals surface area (Å²) < 4.78 is 32.6. The quantitative estimate of drug-likeness (QED) is 0.599. The fourth-order valence-electron chi connectivity index (χ4n) is 2.38. The molecule has 3 aromatic carbocycles. The van der Waals surface area contributed by atoms with Crippen LogP contribution < -0.4 is 10.1 Å². The van der Waals surface area contributed by atoms with E-state index in [1.165, 1.54) is 18.2 Å². The van der Waals surface area contributed by atoms with Gasteiger partial charge in [-0.1, -0.05) is 35.9 Å². The molecule has 0 unspecified atom stereocenters. The van der Waals surface area contributed by atoms with Crippen LogP contribution in [0, 0.1) is 11.6 Å². The second-order valence-electron chi connectivity index (χ2n) is 5.46. The van der Waals surface area contributed by atoms with E-state index in [9.17, 15) is 8.78 Å². The third-order valence-electron chi connectivity index (χ3n) is 3.73. The van der Waals surface area contributed by atoms with Crippen molar-refractivity contribution in [1.82, 2.24) is 0 Å². The van der Waals surface area contributed by atoms with Gasteiger partial charge >= 0.3 is 0 Å². The maximum Gasteiger partial charge on any atom is 0.131 e. The third kappa shape index (κ3) is 4.48. The van der Waals surface area contributed by atoms with Crippen molar-refractivity contribution in [3.8, 4) is 5.75 Å². The van der Waals surface area contributed by atoms with Crippen LogP contribution in [0.5, 0.6) is 5.75 Å². The summed E-state index contributed by atoms with van der Waals surface area (Å²) >= 11 is 6.03. The molecule has 2 nitrogen and oxygen atoms in total. The minimum atomic E-state index is -0.394. The van der Waals surface area contributed by atoms with Crippen LogP contribution in [-0.4, -0.2) is 0 Å². The van der Waals surface area contributed by atoms with Crippen molar-refractivity contribution in [2.75, 3.05) is 5.32 Å². The van der Waals surface area contributed by atoms with Crippen molar-refractivity contribution < 1.29 is 13.5 Å². The Morgan fingerprint density at radius 3 is 2.40 bits per heavy atom. The molecule has 0 aliphatic heterocycles. The first-order valence-corrected chi connectivity index (χ1v) is 8.14. The smallest absolute Gasteiger partial charge is 0.131 e. The molecule has 0 aromatic heterocycles. The van der Waals surface area contributed by atoms with Crippen molar-refractivity contribution in [2.45, 2.75) is 13.2 Å². The number of para-hydroxylation sites is 1. The third-order valence-corrected chi connectivity index (χ3v) is 4.09. The molecular weight excluding hydrogens is 344 g/mol. The Morgan fingerprint density at radius 1 is 0.880 bits per heavy atom. The number of hydrogen-bond acceptors (Lipinski definition) is 2. The first-order chi connectivity index (χ1) is 12.1. The molecule has 0 aliphatic carbocycles. The molecule has 0 fully saturated rings. The van der Waals surface area contributed by atoms with Crippen molar-refractivity contribution >= 4 is 17.3 Å². The Kier molecular flexibility index (Phi) is 5.51. The molecule has 5 heteroatoms. The van der Waals surface area contributed by atoms with Crippen LogP contribution in [-0.2, 0) is 13.2 Å². The molecule has 3 aromatic rings. The van der Waals surface area contributed by atoms with E-state index >= 15 is 0 Å². The number of halogens is 3. The molecule has 0 heterocycles. The number of benzene rings is 3. The van der Waals surface area contributed by atoms with E-state index in [0.29, 0.717) is 22.9 Å². The summed E-state index contributed by atoms with van der Waals surface area (Å²) in [6.45, 7) is 0.534. The van der Waals surface area contributed by atoms with Gasteiger partial charge in [0.1, 0.15) is 24.0 Å². The van der Waals surface area contributed by atoms with E-state index in [-0.39, 0.29) is 12.4 Å². The first kappa shape index (κ1) is 17.2. The normalized spacial score (nSPS) is 10.5. The zero-order valence-electron chi connectivity index (χ0n) is 13.3. The highest BCUT2D eigenvalue weighted by Gasteiger charge is 2.09. The van der Waals surface area contributed by atoms with Gasteiger partial charge in [0.2, 0.25) is 0 Å². The van der Waals surface area contributed by atoms with Gasteiger partial charge < -0.3 is 10.1 Å². The SMILES string of the molecule is Fc1ccc(NCc2ccccc2OCc2c(F)cccc2Cl)cc1. The van der Waals surface area contributed by atoms with Crippen LogP contribution in [0.2, 0.25) is 5.02 Å². The number of nitrogens with one attached hydrogen (secondary N) is 1. The van der Waals surface area contributed by atoms with Gasteiger partial charge in [0, 0.05) is 23.4 Å². The molecule has 0 amide bonds. The van der Waals surface area contributed by atoms with Gasteiger partial charge in [-0.05, 0) is 42.5 Å². The summed E-state index contributed by atoms with van der Waals surface area (Å²) in [6.07, 6.45) is 0. The molecule has 0 spiro atoms. The zero-order chi connectivity index (χ0) is 17.6. The van der Waals surface area contributed by atoms with E-state index in [0.717, 1.165) is 11.3 Å². The maximum atomic E-state index is 13.8. The van der Waals surface area contributed by atoms with Crippen LogP contribution >= 0.6 is 11.6 Å². The van der Waals surface area contributed by atoms with Crippen molar-refractivity contribution in [1.29, 1.82) is 0 Å². The Hall–Kier alpha value is -2.59. The predicted octanol–water partition coefficient (Wildman–Crippen LogP) is 5.81. The van der Waals surface area contributed by atoms with Crippen molar-refractivity contribution in [3.05, 3.63) is 94.5 Å². The van der Waals surface area contributed by atoms with Crippen LogP contribution in [0.15, 0.2) is 66.7 Å². The fraction of sp³-hybridized carbons (Fsp3) is 0.100. The Balaban J connectivity index is 1.69. The average Bonchev–Trinajstić information content (AvgIpc) is 2.62. The van der Waals surface area contributed by atoms with Crippen LogP contribution in [0.1, 0.15) is 11.1 Å². The van der Waals surface area contributed by atoms with Gasteiger partial charge in [-0.25, -0.2) is 8.78 Å². The average molecular weight is 360 g/mol. The minimum Gasteiger partial charge on any atom is -0.488 e. The van der Waals surface area contributed by atoms with Gasteiger partial charge in [0.05, 0.1) is 5.02 Å². The summed E-state index contributed by atoms with van der Waals surface area (Å²) in [4.78, 5) is 0. The molecule has 0 radical (unpaired) electrons. The minimum absolute atomic E-state index is 0.0407. The molecule has 0 aliphatic rings. The highest BCUT2D eigenvalue weighted by atomic mass is 35.5. The van der Waals surface area contributed by atoms with E-state index < -0.39 is 5.82 Å². The predicted molar refractivity (Wildman–Crippen MR) is 95.9 cm³/mol. The van der Waals surface area contributed by atoms with E-state index in [4.69, 9.17) is 16.3 Å². The lowest BCUT2D eigenvalue weighted by molar-refractivity contribution is 0.297. The summed E-state index contributed by atoms with van der Waals surface area (Å²) in [7, 11) is 0. The highest BCUT2D eigenvalue weighted by molar-refractivity contribution is 6.31. The topological polar surface area (TPSA) is 21.3 Å². The molecule has 0 atom stereocenters. The fourth-order valence-corrected chi connectivity index (χ4v) is 2.59. The van der Waals surface area contributed by atoms with Gasteiger partial charge in [-0.15, -0.1) is 0 Å². The number of hydrogen-bond donors (Lipinski definition) is 1.